The minimum atomic E-state index is 0.268. The largest absolute Gasteiger partial charge is 0.396 e. The lowest BCUT2D eigenvalue weighted by Crippen LogP contribution is -2.14. The normalized spacial score (nSPS) is 12.4. The van der Waals surface area contributed by atoms with Crippen LogP contribution >= 0.6 is 0 Å². The molecule has 16 heavy (non-hydrogen) atoms. The van der Waals surface area contributed by atoms with Crippen LogP contribution in [0.5, 0.6) is 0 Å². The second-order valence-corrected chi connectivity index (χ2v) is 4.36. The van der Waals surface area contributed by atoms with Crippen LogP contribution in [0.2, 0.25) is 0 Å². The van der Waals surface area contributed by atoms with Crippen LogP contribution in [-0.4, -0.2) is 17.8 Å². The smallest absolute Gasteiger partial charge is 0.0434 e. The van der Waals surface area contributed by atoms with Crippen LogP contribution in [0.25, 0.3) is 0 Å². The zero-order chi connectivity index (χ0) is 11.8. The monoisotopic (exact) mass is 221 g/mol. The van der Waals surface area contributed by atoms with Gasteiger partial charge in [0.25, 0.3) is 0 Å². The molecule has 0 fully saturated rings. The van der Waals surface area contributed by atoms with Crippen molar-refractivity contribution in [2.45, 2.75) is 45.6 Å². The van der Waals surface area contributed by atoms with E-state index in [0.29, 0.717) is 6.04 Å². The van der Waals surface area contributed by atoms with E-state index in [-0.39, 0.29) is 6.61 Å². The molecular weight excluding hydrogens is 198 g/mol. The molecule has 0 aliphatic rings. The van der Waals surface area contributed by atoms with E-state index in [0.717, 1.165) is 12.8 Å². The fourth-order valence-corrected chi connectivity index (χ4v) is 1.89. The number of aryl methyl sites for hydroxylation is 1. The minimum Gasteiger partial charge on any atom is -0.396 e. The quantitative estimate of drug-likeness (QED) is 0.741. The molecule has 0 radical (unpaired) electrons. The Morgan fingerprint density at radius 2 is 2.19 bits per heavy atom. The van der Waals surface area contributed by atoms with Gasteiger partial charge in [0.1, 0.15) is 0 Å². The summed E-state index contributed by atoms with van der Waals surface area (Å²) in [6.07, 6.45) is 4.20. The first-order valence-corrected chi connectivity index (χ1v) is 6.22. The van der Waals surface area contributed by atoms with E-state index in [2.05, 4.69) is 43.4 Å². The van der Waals surface area contributed by atoms with Crippen molar-refractivity contribution >= 4 is 5.69 Å². The molecule has 0 heterocycles. The van der Waals surface area contributed by atoms with Crippen molar-refractivity contribution in [3.63, 3.8) is 0 Å². The molecule has 1 unspecified atom stereocenters. The maximum atomic E-state index is 8.80. The van der Waals surface area contributed by atoms with Crippen molar-refractivity contribution < 1.29 is 5.11 Å². The van der Waals surface area contributed by atoms with E-state index in [1.165, 1.54) is 24.1 Å². The van der Waals surface area contributed by atoms with Crippen molar-refractivity contribution in [1.29, 1.82) is 0 Å². The van der Waals surface area contributed by atoms with E-state index in [4.69, 9.17) is 5.11 Å². The maximum absolute atomic E-state index is 8.80. The van der Waals surface area contributed by atoms with E-state index < -0.39 is 0 Å². The zero-order valence-corrected chi connectivity index (χ0v) is 10.4. The Bertz CT molecular complexity index is 299. The molecule has 2 heteroatoms. The van der Waals surface area contributed by atoms with Crippen LogP contribution in [0.4, 0.5) is 5.69 Å². The standard InChI is InChI=1S/C14H23NO/c1-3-6-12(2)15-14-9-4-7-13(11-14)8-5-10-16/h4,7,9,11-12,15-16H,3,5-6,8,10H2,1-2H3. The maximum Gasteiger partial charge on any atom is 0.0434 e. The van der Waals surface area contributed by atoms with Gasteiger partial charge in [0.05, 0.1) is 0 Å². The van der Waals surface area contributed by atoms with Gasteiger partial charge in [-0.25, -0.2) is 0 Å². The minimum absolute atomic E-state index is 0.268. The van der Waals surface area contributed by atoms with Crippen LogP contribution in [0.15, 0.2) is 24.3 Å². The highest BCUT2D eigenvalue weighted by atomic mass is 16.2. The molecule has 0 aliphatic carbocycles. The predicted octanol–water partition coefficient (Wildman–Crippen LogP) is 3.21. The average Bonchev–Trinajstić information content (AvgIpc) is 2.27. The number of rotatable bonds is 7. The Labute approximate surface area is 98.7 Å². The summed E-state index contributed by atoms with van der Waals surface area (Å²) in [6.45, 7) is 4.68. The first-order valence-electron chi connectivity index (χ1n) is 6.22. The van der Waals surface area contributed by atoms with Crippen LogP contribution in [0.1, 0.15) is 38.7 Å². The Hall–Kier alpha value is -1.02. The molecule has 0 spiro atoms. The number of hydrogen-bond acceptors (Lipinski definition) is 2. The van der Waals surface area contributed by atoms with Crippen molar-refractivity contribution in [1.82, 2.24) is 0 Å². The zero-order valence-electron chi connectivity index (χ0n) is 10.4. The van der Waals surface area contributed by atoms with E-state index in [1.807, 2.05) is 0 Å². The van der Waals surface area contributed by atoms with Gasteiger partial charge in [-0.3, -0.25) is 0 Å². The SMILES string of the molecule is CCCC(C)Nc1cccc(CCCO)c1. The highest BCUT2D eigenvalue weighted by molar-refractivity contribution is 5.46. The average molecular weight is 221 g/mol. The summed E-state index contributed by atoms with van der Waals surface area (Å²) >= 11 is 0. The molecule has 1 aromatic rings. The van der Waals surface area contributed by atoms with Crippen molar-refractivity contribution in [3.8, 4) is 0 Å². The van der Waals surface area contributed by atoms with Gasteiger partial charge < -0.3 is 10.4 Å². The third-order valence-electron chi connectivity index (χ3n) is 2.69. The van der Waals surface area contributed by atoms with Gasteiger partial charge in [-0.2, -0.15) is 0 Å². The topological polar surface area (TPSA) is 32.3 Å². The number of aliphatic hydroxyl groups excluding tert-OH is 1. The first kappa shape index (κ1) is 13.0. The summed E-state index contributed by atoms with van der Waals surface area (Å²) in [5, 5.41) is 12.3. The molecule has 0 saturated carbocycles. The van der Waals surface area contributed by atoms with Gasteiger partial charge in [0.15, 0.2) is 0 Å². The number of nitrogens with one attached hydrogen (secondary N) is 1. The molecule has 1 atom stereocenters. The Morgan fingerprint density at radius 3 is 2.88 bits per heavy atom. The van der Waals surface area contributed by atoms with Crippen molar-refractivity contribution in [2.24, 2.45) is 0 Å². The van der Waals surface area contributed by atoms with E-state index in [1.54, 1.807) is 0 Å². The summed E-state index contributed by atoms with van der Waals surface area (Å²) in [6, 6.07) is 9.01. The number of anilines is 1. The molecule has 1 rings (SSSR count). The molecule has 90 valence electrons. The second kappa shape index (κ2) is 7.29. The summed E-state index contributed by atoms with van der Waals surface area (Å²) in [4.78, 5) is 0. The van der Waals surface area contributed by atoms with Gasteiger partial charge in [0, 0.05) is 18.3 Å². The van der Waals surface area contributed by atoms with Gasteiger partial charge in [0.2, 0.25) is 0 Å². The fraction of sp³-hybridized carbons (Fsp3) is 0.571. The van der Waals surface area contributed by atoms with Gasteiger partial charge in [-0.05, 0) is 43.9 Å². The lowest BCUT2D eigenvalue weighted by atomic mass is 10.1. The molecule has 0 bridgehead atoms. The molecule has 0 aliphatic heterocycles. The fourth-order valence-electron chi connectivity index (χ4n) is 1.89. The molecule has 0 amide bonds. The predicted molar refractivity (Wildman–Crippen MR) is 69.8 cm³/mol. The third-order valence-corrected chi connectivity index (χ3v) is 2.69. The highest BCUT2D eigenvalue weighted by Crippen LogP contribution is 2.14. The van der Waals surface area contributed by atoms with E-state index >= 15 is 0 Å². The van der Waals surface area contributed by atoms with Crippen LogP contribution in [0, 0.1) is 0 Å². The molecular formula is C14H23NO. The Kier molecular flexibility index (Phi) is 5.94. The van der Waals surface area contributed by atoms with Gasteiger partial charge in [-0.1, -0.05) is 25.5 Å². The van der Waals surface area contributed by atoms with E-state index in [9.17, 15) is 0 Å². The van der Waals surface area contributed by atoms with Gasteiger partial charge in [-0.15, -0.1) is 0 Å². The summed E-state index contributed by atoms with van der Waals surface area (Å²) in [5.74, 6) is 0. The van der Waals surface area contributed by atoms with Crippen LogP contribution < -0.4 is 5.32 Å². The van der Waals surface area contributed by atoms with Crippen molar-refractivity contribution in [2.75, 3.05) is 11.9 Å². The Morgan fingerprint density at radius 1 is 1.38 bits per heavy atom. The highest BCUT2D eigenvalue weighted by Gasteiger charge is 2.01. The lowest BCUT2D eigenvalue weighted by molar-refractivity contribution is 0.288. The summed E-state index contributed by atoms with van der Waals surface area (Å²) < 4.78 is 0. The summed E-state index contributed by atoms with van der Waals surface area (Å²) in [7, 11) is 0. The lowest BCUT2D eigenvalue weighted by Gasteiger charge is -2.15. The summed E-state index contributed by atoms with van der Waals surface area (Å²) in [5.41, 5.74) is 2.49. The molecule has 1 aromatic carbocycles. The number of hydrogen-bond donors (Lipinski definition) is 2. The first-order chi connectivity index (χ1) is 7.76. The molecule has 0 saturated heterocycles. The van der Waals surface area contributed by atoms with Crippen LogP contribution in [-0.2, 0) is 6.42 Å². The third kappa shape index (κ3) is 4.67. The molecule has 0 aromatic heterocycles. The van der Waals surface area contributed by atoms with Crippen LogP contribution in [0.3, 0.4) is 0 Å². The van der Waals surface area contributed by atoms with Gasteiger partial charge >= 0.3 is 0 Å². The Balaban J connectivity index is 2.52. The number of benzene rings is 1. The molecule has 2 nitrogen and oxygen atoms in total. The molecule has 2 N–H and O–H groups in total. The second-order valence-electron chi connectivity index (χ2n) is 4.36. The van der Waals surface area contributed by atoms with Crippen molar-refractivity contribution in [3.05, 3.63) is 29.8 Å². The number of aliphatic hydroxyl groups is 1.